The molecule has 10 heteroatoms. The highest BCUT2D eigenvalue weighted by molar-refractivity contribution is 7.99. The Hall–Kier alpha value is -5.52. The number of nitrogens with one attached hydrogen (secondary N) is 1. The second-order valence-electron chi connectivity index (χ2n) is 13.4. The van der Waals surface area contributed by atoms with Gasteiger partial charge in [0.25, 0.3) is 5.22 Å². The highest BCUT2D eigenvalue weighted by Crippen LogP contribution is 2.41. The molecular weight excluding hydrogens is 713 g/mol. The molecule has 0 aliphatic carbocycles. The molecule has 0 spiro atoms. The Bertz CT molecular complexity index is 2120. The van der Waals surface area contributed by atoms with Crippen LogP contribution in [0.4, 0.5) is 0 Å². The number of rotatable bonds is 15. The summed E-state index contributed by atoms with van der Waals surface area (Å²) in [5.74, 6) is 0.246. The van der Waals surface area contributed by atoms with Crippen LogP contribution in [0.2, 0.25) is 0 Å². The van der Waals surface area contributed by atoms with Gasteiger partial charge in [-0.25, -0.2) is 4.98 Å². The monoisotopic (exact) mass is 754 g/mol. The number of hydrogen-bond acceptors (Lipinski definition) is 8. The van der Waals surface area contributed by atoms with Crippen molar-refractivity contribution in [2.45, 2.75) is 62.6 Å². The number of carboxylic acid groups (broad SMARTS) is 1. The number of aliphatic hydroxyl groups excluding tert-OH is 1. The van der Waals surface area contributed by atoms with Crippen LogP contribution in [0.15, 0.2) is 143 Å². The first-order chi connectivity index (χ1) is 26.9. The Kier molecular flexibility index (Phi) is 12.5. The molecule has 5 aromatic carbocycles. The Labute approximate surface area is 324 Å². The van der Waals surface area contributed by atoms with Crippen molar-refractivity contribution < 1.29 is 33.7 Å². The largest absolute Gasteiger partial charge is 0.481 e. The Morgan fingerprint density at radius 1 is 0.727 bits per heavy atom. The van der Waals surface area contributed by atoms with E-state index in [-0.39, 0.29) is 37.6 Å². The van der Waals surface area contributed by atoms with E-state index in [2.05, 4.69) is 5.32 Å². The Morgan fingerprint density at radius 2 is 1.42 bits per heavy atom. The van der Waals surface area contributed by atoms with Crippen LogP contribution < -0.4 is 5.32 Å². The normalized spacial score (nSPS) is 16.8. The van der Waals surface area contributed by atoms with Gasteiger partial charge in [-0.2, -0.15) is 0 Å². The molecule has 3 atom stereocenters. The molecule has 1 aliphatic rings. The Balaban J connectivity index is 1.07. The smallest absolute Gasteiger partial charge is 0.303 e. The average Bonchev–Trinajstić information content (AvgIpc) is 3.67. The molecule has 9 nitrogen and oxygen atoms in total. The number of carbonyl (C=O) groups is 2. The number of thioether (sulfide) groups is 1. The third-order valence-corrected chi connectivity index (χ3v) is 10.4. The molecule has 280 valence electrons. The number of benzene rings is 5. The molecule has 1 amide bonds. The first-order valence-electron chi connectivity index (χ1n) is 18.3. The van der Waals surface area contributed by atoms with Crippen molar-refractivity contribution in [2.75, 3.05) is 5.75 Å². The minimum Gasteiger partial charge on any atom is -0.481 e. The molecule has 2 heterocycles. The molecule has 1 aromatic heterocycles. The summed E-state index contributed by atoms with van der Waals surface area (Å²) >= 11 is 1.52. The van der Waals surface area contributed by atoms with Crippen LogP contribution in [-0.2, 0) is 32.2 Å². The fraction of sp³-hybridized carbons (Fsp3) is 0.222. The first-order valence-corrected chi connectivity index (χ1v) is 19.3. The van der Waals surface area contributed by atoms with E-state index in [4.69, 9.17) is 24.0 Å². The number of aliphatic carboxylic acids is 1. The molecule has 1 aliphatic heterocycles. The zero-order valence-corrected chi connectivity index (χ0v) is 31.0. The molecular formula is C45H42N2O7S. The van der Waals surface area contributed by atoms with E-state index in [1.807, 2.05) is 133 Å². The highest BCUT2D eigenvalue weighted by Gasteiger charge is 2.33. The summed E-state index contributed by atoms with van der Waals surface area (Å²) in [5.41, 5.74) is 8.42. The standard InChI is InChI=1S/C45H42N2O7S/c48-28-30-17-19-33(20-18-30)39-26-38(29-55-45-47-42(34-10-3-1-4-11-34)43(54-45)35-12-5-2-6-13-35)52-44(53-39)36-23-21-32(22-24-36)37-14-7-9-31(25-37)27-46-40(49)15-8-16-41(50)51/h1-7,9-14,17-25,38-39,44,48H,8,15-16,26-29H2,(H,46,49)(H,50,51)/t38-,39+,44+/m0/s1. The fourth-order valence-corrected chi connectivity index (χ4v) is 7.35. The Morgan fingerprint density at radius 3 is 2.13 bits per heavy atom. The number of carboxylic acids is 1. The van der Waals surface area contributed by atoms with Gasteiger partial charge in [0.05, 0.1) is 18.8 Å². The number of oxazole rings is 1. The van der Waals surface area contributed by atoms with E-state index >= 15 is 0 Å². The molecule has 1 saturated heterocycles. The van der Waals surface area contributed by atoms with Gasteiger partial charge >= 0.3 is 5.97 Å². The van der Waals surface area contributed by atoms with Crippen molar-refractivity contribution in [1.29, 1.82) is 0 Å². The van der Waals surface area contributed by atoms with E-state index in [1.54, 1.807) is 0 Å². The maximum atomic E-state index is 12.2. The van der Waals surface area contributed by atoms with Gasteiger partial charge in [-0.15, -0.1) is 0 Å². The van der Waals surface area contributed by atoms with Gasteiger partial charge in [-0.3, -0.25) is 9.59 Å². The average molecular weight is 755 g/mol. The van der Waals surface area contributed by atoms with Crippen LogP contribution in [0.5, 0.6) is 0 Å². The van der Waals surface area contributed by atoms with E-state index < -0.39 is 12.3 Å². The lowest BCUT2D eigenvalue weighted by atomic mass is 9.99. The van der Waals surface area contributed by atoms with Crippen molar-refractivity contribution in [1.82, 2.24) is 10.3 Å². The zero-order chi connectivity index (χ0) is 38.0. The van der Waals surface area contributed by atoms with Crippen LogP contribution in [0, 0.1) is 0 Å². The summed E-state index contributed by atoms with van der Waals surface area (Å²) in [5, 5.41) is 21.9. The van der Waals surface area contributed by atoms with E-state index in [0.717, 1.165) is 56.0 Å². The second-order valence-corrected chi connectivity index (χ2v) is 14.4. The summed E-state index contributed by atoms with van der Waals surface area (Å²) in [6.45, 7) is 0.331. The third-order valence-electron chi connectivity index (χ3n) is 9.43. The van der Waals surface area contributed by atoms with Crippen molar-refractivity contribution in [3.8, 4) is 33.7 Å². The van der Waals surface area contributed by atoms with Crippen molar-refractivity contribution in [3.05, 3.63) is 156 Å². The van der Waals surface area contributed by atoms with Crippen LogP contribution >= 0.6 is 11.8 Å². The lowest BCUT2D eigenvalue weighted by Crippen LogP contribution is -2.31. The van der Waals surface area contributed by atoms with E-state index in [1.165, 1.54) is 11.8 Å². The summed E-state index contributed by atoms with van der Waals surface area (Å²) in [6, 6.07) is 44.0. The van der Waals surface area contributed by atoms with E-state index in [9.17, 15) is 14.7 Å². The highest BCUT2D eigenvalue weighted by atomic mass is 32.2. The van der Waals surface area contributed by atoms with Gasteiger partial charge in [0.15, 0.2) is 12.1 Å². The number of nitrogens with zero attached hydrogens (tertiary/aromatic N) is 1. The molecule has 3 N–H and O–H groups in total. The van der Waals surface area contributed by atoms with E-state index in [0.29, 0.717) is 30.4 Å². The van der Waals surface area contributed by atoms with Crippen LogP contribution in [0.1, 0.15) is 60.3 Å². The van der Waals surface area contributed by atoms with Gasteiger partial charge in [-0.05, 0) is 40.3 Å². The van der Waals surface area contributed by atoms with Crippen LogP contribution in [0.3, 0.4) is 0 Å². The first kappa shape index (κ1) is 37.8. The summed E-state index contributed by atoms with van der Waals surface area (Å²) in [7, 11) is 0. The fourth-order valence-electron chi connectivity index (χ4n) is 6.51. The molecule has 7 rings (SSSR count). The number of aliphatic hydroxyl groups is 1. The zero-order valence-electron chi connectivity index (χ0n) is 30.2. The van der Waals surface area contributed by atoms with Crippen LogP contribution in [-0.4, -0.2) is 38.9 Å². The number of aromatic nitrogens is 1. The number of amides is 1. The lowest BCUT2D eigenvalue weighted by molar-refractivity contribution is -0.245. The quantitative estimate of drug-likeness (QED) is 0.0878. The van der Waals surface area contributed by atoms with Gasteiger partial charge in [0, 0.05) is 48.3 Å². The summed E-state index contributed by atoms with van der Waals surface area (Å²) < 4.78 is 19.6. The van der Waals surface area contributed by atoms with Crippen molar-refractivity contribution >= 4 is 23.6 Å². The van der Waals surface area contributed by atoms with Gasteiger partial charge < -0.3 is 29.4 Å². The maximum Gasteiger partial charge on any atom is 0.303 e. The molecule has 1 fully saturated rings. The predicted octanol–water partition coefficient (Wildman–Crippen LogP) is 9.38. The molecule has 55 heavy (non-hydrogen) atoms. The number of carbonyl (C=O) groups excluding carboxylic acids is 1. The number of hydrogen-bond donors (Lipinski definition) is 3. The topological polar surface area (TPSA) is 131 Å². The SMILES string of the molecule is O=C(O)CCCC(=O)NCc1cccc(-c2ccc([C@@H]3O[C@H](CSc4nc(-c5ccccc5)c(-c5ccccc5)o4)C[C@H](c4ccc(CO)cc4)O3)cc2)c1. The van der Waals surface area contributed by atoms with Crippen molar-refractivity contribution in [3.63, 3.8) is 0 Å². The molecule has 0 saturated carbocycles. The van der Waals surface area contributed by atoms with Crippen molar-refractivity contribution in [2.24, 2.45) is 0 Å². The summed E-state index contributed by atoms with van der Waals surface area (Å²) in [6.07, 6.45) is 0.0411. The second kappa shape index (κ2) is 18.2. The lowest BCUT2D eigenvalue weighted by Gasteiger charge is -2.36. The van der Waals surface area contributed by atoms with Gasteiger partial charge in [0.2, 0.25) is 5.91 Å². The minimum atomic E-state index is -0.904. The van der Waals surface area contributed by atoms with Crippen LogP contribution in [0.25, 0.3) is 33.7 Å². The minimum absolute atomic E-state index is 0.0256. The molecule has 0 radical (unpaired) electrons. The predicted molar refractivity (Wildman–Crippen MR) is 212 cm³/mol. The number of ether oxygens (including phenoxy) is 2. The maximum absolute atomic E-state index is 12.2. The van der Waals surface area contributed by atoms with Gasteiger partial charge in [-0.1, -0.05) is 139 Å². The van der Waals surface area contributed by atoms with Gasteiger partial charge in [0.1, 0.15) is 5.69 Å². The third kappa shape index (κ3) is 9.97. The summed E-state index contributed by atoms with van der Waals surface area (Å²) in [4.78, 5) is 27.9. The molecule has 0 bridgehead atoms. The molecule has 6 aromatic rings. The molecule has 0 unspecified atom stereocenters.